The third-order valence-corrected chi connectivity index (χ3v) is 5.44. The van der Waals surface area contributed by atoms with Crippen molar-refractivity contribution in [2.75, 3.05) is 0 Å². The Labute approximate surface area is 167 Å². The van der Waals surface area contributed by atoms with E-state index in [0.29, 0.717) is 11.5 Å². The molecule has 0 spiro atoms. The Balaban J connectivity index is 2.01. The van der Waals surface area contributed by atoms with E-state index in [4.69, 9.17) is 5.14 Å². The average molecular weight is 423 g/mol. The fourth-order valence-electron chi connectivity index (χ4n) is 2.90. The first-order valence-electron chi connectivity index (χ1n) is 8.81. The lowest BCUT2D eigenvalue weighted by molar-refractivity contribution is -0.140. The molecule has 2 aromatic carbocycles. The number of hydrogen-bond donors (Lipinski definition) is 1. The van der Waals surface area contributed by atoms with Crippen LogP contribution in [0.15, 0.2) is 59.6 Å². The summed E-state index contributed by atoms with van der Waals surface area (Å²) in [6, 6.07) is 12.9. The van der Waals surface area contributed by atoms with Crippen LogP contribution < -0.4 is 5.14 Å². The minimum Gasteiger partial charge on any atom is -0.326 e. The summed E-state index contributed by atoms with van der Waals surface area (Å²) in [5, 5.41) is 5.07. The lowest BCUT2D eigenvalue weighted by Gasteiger charge is -2.10. The minimum atomic E-state index is -4.60. The number of halogens is 3. The highest BCUT2D eigenvalue weighted by Gasteiger charge is 2.35. The number of hydrogen-bond acceptors (Lipinski definition) is 3. The van der Waals surface area contributed by atoms with Crippen molar-refractivity contribution in [3.63, 3.8) is 0 Å². The molecule has 0 radical (unpaired) electrons. The van der Waals surface area contributed by atoms with Crippen LogP contribution in [0.3, 0.4) is 0 Å². The van der Waals surface area contributed by atoms with Crippen LogP contribution in [0.4, 0.5) is 13.2 Å². The molecule has 0 fully saturated rings. The first-order valence-corrected chi connectivity index (χ1v) is 10.4. The smallest absolute Gasteiger partial charge is 0.326 e. The Hall–Kier alpha value is -2.65. The van der Waals surface area contributed by atoms with Crippen LogP contribution in [0.1, 0.15) is 36.6 Å². The Kier molecular flexibility index (Phi) is 5.55. The summed E-state index contributed by atoms with van der Waals surface area (Å²) < 4.78 is 63.9. The molecule has 3 rings (SSSR count). The molecule has 1 aromatic heterocycles. The molecule has 0 unspecified atom stereocenters. The number of alkyl halides is 3. The van der Waals surface area contributed by atoms with Gasteiger partial charge in [-0.05, 0) is 41.3 Å². The van der Waals surface area contributed by atoms with Crippen molar-refractivity contribution in [3.8, 4) is 11.4 Å². The molecule has 0 saturated heterocycles. The van der Waals surface area contributed by atoms with E-state index in [0.717, 1.165) is 17.3 Å². The fourth-order valence-corrected chi connectivity index (χ4v) is 3.42. The molecule has 1 heterocycles. The Morgan fingerprint density at radius 3 is 2.10 bits per heavy atom. The number of imidazole rings is 1. The maximum atomic E-state index is 13.2. The Morgan fingerprint density at radius 2 is 1.62 bits per heavy atom. The first-order chi connectivity index (χ1) is 13.4. The van der Waals surface area contributed by atoms with Gasteiger partial charge in [0.1, 0.15) is 5.82 Å². The van der Waals surface area contributed by atoms with Gasteiger partial charge in [-0.1, -0.05) is 38.1 Å². The van der Waals surface area contributed by atoms with Gasteiger partial charge in [0, 0.05) is 18.3 Å². The van der Waals surface area contributed by atoms with Gasteiger partial charge in [-0.25, -0.2) is 18.5 Å². The third kappa shape index (κ3) is 4.86. The number of nitrogens with zero attached hydrogens (tertiary/aromatic N) is 2. The number of sulfonamides is 1. The molecule has 9 heteroatoms. The Morgan fingerprint density at radius 1 is 1.03 bits per heavy atom. The zero-order valence-electron chi connectivity index (χ0n) is 15.8. The normalized spacial score (nSPS) is 12.5. The monoisotopic (exact) mass is 423 g/mol. The Bertz CT molecular complexity index is 1100. The molecular formula is C20H20F3N3O2S. The quantitative estimate of drug-likeness (QED) is 0.661. The molecule has 3 aromatic rings. The number of rotatable bonds is 5. The molecule has 0 atom stereocenters. The second-order valence-electron chi connectivity index (χ2n) is 7.04. The van der Waals surface area contributed by atoms with Crippen molar-refractivity contribution >= 4 is 10.0 Å². The summed E-state index contributed by atoms with van der Waals surface area (Å²) in [5.74, 6) is 0.438. The van der Waals surface area contributed by atoms with E-state index in [1.54, 1.807) is 0 Å². The van der Waals surface area contributed by atoms with Crippen LogP contribution in [0.2, 0.25) is 0 Å². The largest absolute Gasteiger partial charge is 0.434 e. The number of primary sulfonamides is 1. The van der Waals surface area contributed by atoms with E-state index in [1.165, 1.54) is 28.8 Å². The van der Waals surface area contributed by atoms with E-state index in [2.05, 4.69) is 18.8 Å². The lowest BCUT2D eigenvalue weighted by Crippen LogP contribution is -2.11. The molecule has 0 bridgehead atoms. The van der Waals surface area contributed by atoms with E-state index >= 15 is 0 Å². The number of nitrogens with two attached hydrogens (primary N) is 1. The maximum absolute atomic E-state index is 13.2. The molecule has 0 saturated carbocycles. The summed E-state index contributed by atoms with van der Waals surface area (Å²) >= 11 is 0. The standard InChI is InChI=1S/C20H20F3N3O2S/c1-13(2)15-5-3-14(4-6-15)11-26-12-18(20(21,22)23)25-19(26)16-7-9-17(10-8-16)29(24,27)28/h3-10,12-13H,11H2,1-2H3,(H2,24,27,28). The van der Waals surface area contributed by atoms with Gasteiger partial charge < -0.3 is 4.57 Å². The zero-order chi connectivity index (χ0) is 21.4. The molecule has 0 aliphatic heterocycles. The minimum absolute atomic E-state index is 0.0891. The van der Waals surface area contributed by atoms with Gasteiger partial charge in [-0.15, -0.1) is 0 Å². The number of aromatic nitrogens is 2. The molecular weight excluding hydrogens is 403 g/mol. The van der Waals surface area contributed by atoms with Crippen LogP contribution in [-0.2, 0) is 22.7 Å². The van der Waals surface area contributed by atoms with E-state index < -0.39 is 21.9 Å². The summed E-state index contributed by atoms with van der Waals surface area (Å²) in [6.07, 6.45) is -3.64. The molecule has 5 nitrogen and oxygen atoms in total. The highest BCUT2D eigenvalue weighted by molar-refractivity contribution is 7.89. The number of benzene rings is 2. The van der Waals surface area contributed by atoms with Crippen LogP contribution >= 0.6 is 0 Å². The SMILES string of the molecule is CC(C)c1ccc(Cn2cc(C(F)(F)F)nc2-c2ccc(S(N)(=O)=O)cc2)cc1. The van der Waals surface area contributed by atoms with Gasteiger partial charge in [0.05, 0.1) is 4.90 Å². The third-order valence-electron chi connectivity index (χ3n) is 4.51. The van der Waals surface area contributed by atoms with Crippen molar-refractivity contribution < 1.29 is 21.6 Å². The fraction of sp³-hybridized carbons (Fsp3) is 0.250. The van der Waals surface area contributed by atoms with Crippen LogP contribution in [-0.4, -0.2) is 18.0 Å². The van der Waals surface area contributed by atoms with Gasteiger partial charge in [0.25, 0.3) is 0 Å². The van der Waals surface area contributed by atoms with Crippen LogP contribution in [0.5, 0.6) is 0 Å². The van der Waals surface area contributed by atoms with Crippen molar-refractivity contribution in [2.24, 2.45) is 5.14 Å². The topological polar surface area (TPSA) is 78.0 Å². The molecule has 154 valence electrons. The van der Waals surface area contributed by atoms with Gasteiger partial charge in [-0.3, -0.25) is 0 Å². The second-order valence-corrected chi connectivity index (χ2v) is 8.60. The van der Waals surface area contributed by atoms with Gasteiger partial charge in [-0.2, -0.15) is 13.2 Å². The van der Waals surface area contributed by atoms with Crippen LogP contribution in [0.25, 0.3) is 11.4 Å². The van der Waals surface area contributed by atoms with Crippen molar-refractivity contribution in [3.05, 3.63) is 71.5 Å². The van der Waals surface area contributed by atoms with E-state index in [-0.39, 0.29) is 17.3 Å². The summed E-state index contributed by atoms with van der Waals surface area (Å²) in [4.78, 5) is 3.62. The summed E-state index contributed by atoms with van der Waals surface area (Å²) in [7, 11) is -3.90. The second kappa shape index (κ2) is 7.64. The van der Waals surface area contributed by atoms with E-state index in [1.807, 2.05) is 24.3 Å². The van der Waals surface area contributed by atoms with Crippen LogP contribution in [0, 0.1) is 0 Å². The molecule has 29 heavy (non-hydrogen) atoms. The molecule has 0 aliphatic carbocycles. The molecule has 2 N–H and O–H groups in total. The maximum Gasteiger partial charge on any atom is 0.434 e. The zero-order valence-corrected chi connectivity index (χ0v) is 16.6. The molecule has 0 amide bonds. The van der Waals surface area contributed by atoms with Crippen molar-refractivity contribution in [2.45, 2.75) is 37.4 Å². The van der Waals surface area contributed by atoms with Gasteiger partial charge in [0.15, 0.2) is 5.69 Å². The highest BCUT2D eigenvalue weighted by atomic mass is 32.2. The lowest BCUT2D eigenvalue weighted by atomic mass is 10.0. The van der Waals surface area contributed by atoms with Crippen molar-refractivity contribution in [1.82, 2.24) is 9.55 Å². The molecule has 0 aliphatic rings. The highest BCUT2D eigenvalue weighted by Crippen LogP contribution is 2.31. The van der Waals surface area contributed by atoms with E-state index in [9.17, 15) is 21.6 Å². The average Bonchev–Trinajstić information content (AvgIpc) is 3.06. The van der Waals surface area contributed by atoms with Gasteiger partial charge in [0.2, 0.25) is 10.0 Å². The van der Waals surface area contributed by atoms with Crippen molar-refractivity contribution in [1.29, 1.82) is 0 Å². The summed E-state index contributed by atoms with van der Waals surface area (Å²) in [5.41, 5.74) is 1.30. The predicted molar refractivity (Wildman–Crippen MR) is 104 cm³/mol. The summed E-state index contributed by atoms with van der Waals surface area (Å²) in [6.45, 7) is 4.31. The van der Waals surface area contributed by atoms with Gasteiger partial charge >= 0.3 is 6.18 Å². The predicted octanol–water partition coefficient (Wildman–Crippen LogP) is 4.39. The first kappa shape index (κ1) is 21.1.